The number of hydrogen-bond acceptors (Lipinski definition) is 5. The van der Waals surface area contributed by atoms with Crippen LogP contribution in [0.1, 0.15) is 10.4 Å². The summed E-state index contributed by atoms with van der Waals surface area (Å²) in [4.78, 5) is 24.2. The van der Waals surface area contributed by atoms with Crippen molar-refractivity contribution >= 4 is 23.2 Å². The molecule has 116 valence electrons. The molecule has 0 N–H and O–H groups in total. The molecule has 1 aromatic carbocycles. The lowest BCUT2D eigenvalue weighted by Crippen LogP contribution is -2.36. The Kier molecular flexibility index (Phi) is 7.07. The highest BCUT2D eigenvalue weighted by Gasteiger charge is 2.21. The number of nitro groups is 1. The van der Waals surface area contributed by atoms with Gasteiger partial charge in [-0.25, -0.2) is 0 Å². The predicted molar refractivity (Wildman–Crippen MR) is 77.8 cm³/mol. The lowest BCUT2D eigenvalue weighted by atomic mass is 10.1. The third kappa shape index (κ3) is 4.96. The Morgan fingerprint density at radius 3 is 2.33 bits per heavy atom. The number of carbonyl (C=O) groups is 1. The average Bonchev–Trinajstić information content (AvgIpc) is 2.47. The fourth-order valence-corrected chi connectivity index (χ4v) is 1.88. The van der Waals surface area contributed by atoms with Gasteiger partial charge in [0.2, 0.25) is 0 Å². The van der Waals surface area contributed by atoms with Gasteiger partial charge in [0.05, 0.1) is 28.7 Å². The van der Waals surface area contributed by atoms with E-state index in [0.717, 1.165) is 0 Å². The molecule has 0 atom stereocenters. The lowest BCUT2D eigenvalue weighted by molar-refractivity contribution is -0.384. The van der Waals surface area contributed by atoms with Crippen molar-refractivity contribution in [2.45, 2.75) is 0 Å². The van der Waals surface area contributed by atoms with Crippen LogP contribution in [-0.4, -0.2) is 56.3 Å². The normalized spacial score (nSPS) is 10.4. The van der Waals surface area contributed by atoms with E-state index in [0.29, 0.717) is 26.3 Å². The van der Waals surface area contributed by atoms with Gasteiger partial charge in [-0.3, -0.25) is 14.9 Å². The zero-order valence-electron chi connectivity index (χ0n) is 11.9. The molecule has 0 aliphatic rings. The van der Waals surface area contributed by atoms with Crippen molar-refractivity contribution in [2.75, 3.05) is 40.5 Å². The van der Waals surface area contributed by atoms with Crippen LogP contribution in [0.15, 0.2) is 18.2 Å². The summed E-state index contributed by atoms with van der Waals surface area (Å²) in [5.74, 6) is -0.391. The third-order valence-electron chi connectivity index (χ3n) is 2.81. The molecule has 0 heterocycles. The first-order valence-electron chi connectivity index (χ1n) is 6.22. The minimum Gasteiger partial charge on any atom is -0.383 e. The molecule has 0 saturated heterocycles. The van der Waals surface area contributed by atoms with E-state index >= 15 is 0 Å². The van der Waals surface area contributed by atoms with Crippen LogP contribution in [0, 0.1) is 10.1 Å². The molecule has 21 heavy (non-hydrogen) atoms. The molecule has 7 nitrogen and oxygen atoms in total. The van der Waals surface area contributed by atoms with Crippen LogP contribution < -0.4 is 0 Å². The first-order chi connectivity index (χ1) is 10.0. The highest BCUT2D eigenvalue weighted by Crippen LogP contribution is 2.23. The molecule has 0 fully saturated rings. The Hall–Kier alpha value is -1.70. The number of amides is 1. The average molecular weight is 317 g/mol. The maximum absolute atomic E-state index is 12.5. The second-order valence-corrected chi connectivity index (χ2v) is 4.61. The quantitative estimate of drug-likeness (QED) is 0.541. The summed E-state index contributed by atoms with van der Waals surface area (Å²) >= 11 is 5.98. The van der Waals surface area contributed by atoms with E-state index in [2.05, 4.69) is 0 Å². The number of rotatable bonds is 8. The third-order valence-corrected chi connectivity index (χ3v) is 3.14. The van der Waals surface area contributed by atoms with Gasteiger partial charge in [-0.2, -0.15) is 0 Å². The van der Waals surface area contributed by atoms with Gasteiger partial charge in [0.1, 0.15) is 0 Å². The summed E-state index contributed by atoms with van der Waals surface area (Å²) in [5, 5.41) is 11.0. The van der Waals surface area contributed by atoms with Crippen molar-refractivity contribution in [1.29, 1.82) is 0 Å². The summed E-state index contributed by atoms with van der Waals surface area (Å²) in [6.07, 6.45) is 0. The number of hydrogen-bond donors (Lipinski definition) is 0. The van der Waals surface area contributed by atoms with Crippen molar-refractivity contribution in [1.82, 2.24) is 4.90 Å². The van der Waals surface area contributed by atoms with Gasteiger partial charge in [0.25, 0.3) is 11.6 Å². The fourth-order valence-electron chi connectivity index (χ4n) is 1.68. The molecule has 0 unspecified atom stereocenters. The fraction of sp³-hybridized carbons (Fsp3) is 0.462. The Morgan fingerprint density at radius 1 is 1.29 bits per heavy atom. The monoisotopic (exact) mass is 316 g/mol. The summed E-state index contributed by atoms with van der Waals surface area (Å²) in [6.45, 7) is 1.39. The van der Waals surface area contributed by atoms with Gasteiger partial charge in [-0.05, 0) is 6.07 Å². The number of nitro benzene ring substituents is 1. The number of non-ortho nitro benzene ring substituents is 1. The number of nitrogens with zero attached hydrogens (tertiary/aromatic N) is 2. The molecule has 1 amide bonds. The number of methoxy groups -OCH3 is 2. The first-order valence-corrected chi connectivity index (χ1v) is 6.60. The Bertz CT molecular complexity index is 501. The minimum atomic E-state index is -0.568. The van der Waals surface area contributed by atoms with E-state index in [1.165, 1.54) is 37.3 Å². The molecule has 0 spiro atoms. The largest absolute Gasteiger partial charge is 0.383 e. The number of ether oxygens (including phenoxy) is 2. The van der Waals surface area contributed by atoms with Gasteiger partial charge >= 0.3 is 0 Å². The zero-order chi connectivity index (χ0) is 15.8. The maximum atomic E-state index is 12.5. The molecule has 8 heteroatoms. The summed E-state index contributed by atoms with van der Waals surface area (Å²) < 4.78 is 9.91. The Labute approximate surface area is 127 Å². The summed E-state index contributed by atoms with van der Waals surface area (Å²) in [5.41, 5.74) is -0.0840. The van der Waals surface area contributed by atoms with E-state index in [4.69, 9.17) is 21.1 Å². The molecule has 1 aromatic rings. The van der Waals surface area contributed by atoms with Crippen LogP contribution in [-0.2, 0) is 9.47 Å². The smallest absolute Gasteiger partial charge is 0.270 e. The Balaban J connectivity index is 3.00. The van der Waals surface area contributed by atoms with Gasteiger partial charge in [0.15, 0.2) is 0 Å². The summed E-state index contributed by atoms with van der Waals surface area (Å²) in [7, 11) is 3.05. The van der Waals surface area contributed by atoms with Crippen molar-refractivity contribution in [3.05, 3.63) is 38.9 Å². The van der Waals surface area contributed by atoms with Gasteiger partial charge < -0.3 is 14.4 Å². The first kappa shape index (κ1) is 17.4. The molecule has 0 aliphatic heterocycles. The molecular formula is C13H17ClN2O5. The molecule has 0 aromatic heterocycles. The van der Waals surface area contributed by atoms with Crippen molar-refractivity contribution in [3.8, 4) is 0 Å². The molecule has 0 bridgehead atoms. The number of carbonyl (C=O) groups excluding carboxylic acids is 1. The van der Waals surface area contributed by atoms with E-state index in [1.807, 2.05) is 0 Å². The van der Waals surface area contributed by atoms with E-state index in [9.17, 15) is 14.9 Å². The van der Waals surface area contributed by atoms with Gasteiger partial charge in [0, 0.05) is 39.4 Å². The van der Waals surface area contributed by atoms with E-state index in [1.54, 1.807) is 0 Å². The van der Waals surface area contributed by atoms with E-state index in [-0.39, 0.29) is 16.3 Å². The lowest BCUT2D eigenvalue weighted by Gasteiger charge is -2.22. The summed E-state index contributed by atoms with van der Waals surface area (Å²) in [6, 6.07) is 3.78. The van der Waals surface area contributed by atoms with Gasteiger partial charge in [-0.15, -0.1) is 0 Å². The standard InChI is InChI=1S/C13H17ClN2O5/c1-20-7-5-15(6-8-21-2)13(17)11-9-10(16(18)19)3-4-12(11)14/h3-4,9H,5-8H2,1-2H3. The molecule has 0 saturated carbocycles. The maximum Gasteiger partial charge on any atom is 0.270 e. The molecule has 1 rings (SSSR count). The highest BCUT2D eigenvalue weighted by molar-refractivity contribution is 6.33. The van der Waals surface area contributed by atoms with Crippen molar-refractivity contribution < 1.29 is 19.2 Å². The highest BCUT2D eigenvalue weighted by atomic mass is 35.5. The SMILES string of the molecule is COCCN(CCOC)C(=O)c1cc([N+](=O)[O-])ccc1Cl. The van der Waals surface area contributed by atoms with Crippen LogP contribution in [0.4, 0.5) is 5.69 Å². The topological polar surface area (TPSA) is 81.9 Å². The van der Waals surface area contributed by atoms with E-state index < -0.39 is 10.8 Å². The second kappa shape index (κ2) is 8.56. The van der Waals surface area contributed by atoms with Crippen LogP contribution in [0.5, 0.6) is 0 Å². The van der Waals surface area contributed by atoms with Crippen LogP contribution >= 0.6 is 11.6 Å². The number of halogens is 1. The van der Waals surface area contributed by atoms with Crippen LogP contribution in [0.2, 0.25) is 5.02 Å². The second-order valence-electron chi connectivity index (χ2n) is 4.20. The zero-order valence-corrected chi connectivity index (χ0v) is 12.6. The number of benzene rings is 1. The molecule has 0 aliphatic carbocycles. The van der Waals surface area contributed by atoms with Crippen LogP contribution in [0.25, 0.3) is 0 Å². The predicted octanol–water partition coefficient (Wildman–Crippen LogP) is 1.98. The molecule has 0 radical (unpaired) electrons. The van der Waals surface area contributed by atoms with Gasteiger partial charge in [-0.1, -0.05) is 11.6 Å². The minimum absolute atomic E-state index is 0.0954. The van der Waals surface area contributed by atoms with Crippen molar-refractivity contribution in [3.63, 3.8) is 0 Å². The van der Waals surface area contributed by atoms with Crippen molar-refractivity contribution in [2.24, 2.45) is 0 Å². The molecular weight excluding hydrogens is 300 g/mol. The van der Waals surface area contributed by atoms with Crippen LogP contribution in [0.3, 0.4) is 0 Å². The Morgan fingerprint density at radius 2 is 1.86 bits per heavy atom.